The van der Waals surface area contributed by atoms with Crippen LogP contribution in [-0.2, 0) is 0 Å². The van der Waals surface area contributed by atoms with Crippen molar-refractivity contribution in [2.45, 2.75) is 33.6 Å². The molecule has 0 spiro atoms. The Hall–Kier alpha value is -2.95. The van der Waals surface area contributed by atoms with Gasteiger partial charge in [-0.3, -0.25) is 9.69 Å². The minimum absolute atomic E-state index is 0.0599. The molecule has 0 saturated carbocycles. The van der Waals surface area contributed by atoms with E-state index in [4.69, 9.17) is 4.74 Å². The minimum Gasteiger partial charge on any atom is -0.492 e. The van der Waals surface area contributed by atoms with Crippen LogP contribution in [0.15, 0.2) is 66.7 Å². The molecule has 4 aromatic rings. The minimum atomic E-state index is 0.0599. The summed E-state index contributed by atoms with van der Waals surface area (Å²) in [4.78, 5) is 17.3. The summed E-state index contributed by atoms with van der Waals surface area (Å²) in [6.07, 6.45) is 2.55. The predicted octanol–water partition coefficient (Wildman–Crippen LogP) is 7.53. The summed E-state index contributed by atoms with van der Waals surface area (Å²) in [6.45, 7) is 10.5. The number of hydrogen-bond donors (Lipinski definition) is 0. The third-order valence-electron chi connectivity index (χ3n) is 7.06. The number of piperidine rings is 1. The van der Waals surface area contributed by atoms with Crippen molar-refractivity contribution in [3.8, 4) is 16.2 Å². The molecule has 1 aliphatic heterocycles. The Labute approximate surface area is 212 Å². The molecule has 0 N–H and O–H groups in total. The Kier molecular flexibility index (Phi) is 7.03. The molecule has 3 aromatic carbocycles. The highest BCUT2D eigenvalue weighted by molar-refractivity contribution is 7.22. The summed E-state index contributed by atoms with van der Waals surface area (Å²) in [5.41, 5.74) is 4.99. The van der Waals surface area contributed by atoms with Crippen LogP contribution in [0.4, 0.5) is 0 Å². The van der Waals surface area contributed by atoms with Crippen LogP contribution < -0.4 is 4.74 Å². The van der Waals surface area contributed by atoms with Crippen molar-refractivity contribution in [2.75, 3.05) is 26.2 Å². The molecule has 0 aliphatic carbocycles. The van der Waals surface area contributed by atoms with Crippen molar-refractivity contribution < 1.29 is 9.53 Å². The van der Waals surface area contributed by atoms with Crippen LogP contribution in [0.25, 0.3) is 20.5 Å². The lowest BCUT2D eigenvalue weighted by atomic mass is 9.97. The van der Waals surface area contributed by atoms with E-state index < -0.39 is 0 Å². The average Bonchev–Trinajstić information content (AvgIpc) is 3.24. The Balaban J connectivity index is 1.36. The molecule has 0 bridgehead atoms. The number of fused-ring (bicyclic) bond motifs is 1. The molecule has 180 valence electrons. The normalized spacial score (nSPS) is 14.9. The van der Waals surface area contributed by atoms with Crippen molar-refractivity contribution in [2.24, 2.45) is 5.92 Å². The first-order chi connectivity index (χ1) is 17.0. The molecular weight excluding hydrogens is 450 g/mol. The zero-order valence-corrected chi connectivity index (χ0v) is 21.7. The summed E-state index contributed by atoms with van der Waals surface area (Å²) in [7, 11) is 0. The number of ketones is 1. The zero-order valence-electron chi connectivity index (χ0n) is 20.8. The van der Waals surface area contributed by atoms with Crippen LogP contribution in [0.5, 0.6) is 5.75 Å². The molecule has 1 fully saturated rings. The summed E-state index contributed by atoms with van der Waals surface area (Å²) >= 11 is 1.70. The monoisotopic (exact) mass is 483 g/mol. The largest absolute Gasteiger partial charge is 0.492 e. The number of nitrogens with zero attached hydrogens (tertiary/aromatic N) is 1. The summed E-state index contributed by atoms with van der Waals surface area (Å²) in [5.74, 6) is 1.72. The van der Waals surface area contributed by atoms with Gasteiger partial charge in [0.05, 0.1) is 0 Å². The van der Waals surface area contributed by atoms with Crippen molar-refractivity contribution >= 4 is 27.2 Å². The van der Waals surface area contributed by atoms with Gasteiger partial charge in [0.1, 0.15) is 12.4 Å². The Bertz CT molecular complexity index is 1310. The van der Waals surface area contributed by atoms with E-state index >= 15 is 0 Å². The number of ether oxygens (including phenoxy) is 1. The second kappa shape index (κ2) is 10.3. The lowest BCUT2D eigenvalue weighted by Crippen LogP contribution is -2.35. The van der Waals surface area contributed by atoms with Crippen LogP contribution in [0.3, 0.4) is 0 Å². The average molecular weight is 484 g/mol. The number of carbonyl (C=O) groups is 1. The van der Waals surface area contributed by atoms with Crippen molar-refractivity contribution in [1.29, 1.82) is 0 Å². The summed E-state index contributed by atoms with van der Waals surface area (Å²) in [5, 5.41) is 1.03. The maximum atomic E-state index is 13.8. The highest BCUT2D eigenvalue weighted by Gasteiger charge is 2.22. The number of likely N-dealkylation sites (tertiary alicyclic amines) is 1. The lowest BCUT2D eigenvalue weighted by Gasteiger charge is -2.29. The molecule has 0 radical (unpaired) electrons. The van der Waals surface area contributed by atoms with Gasteiger partial charge in [-0.05, 0) is 87.2 Å². The van der Waals surface area contributed by atoms with Crippen LogP contribution in [0.2, 0.25) is 0 Å². The molecule has 1 aromatic heterocycles. The van der Waals surface area contributed by atoms with Crippen molar-refractivity contribution in [1.82, 2.24) is 4.90 Å². The molecular formula is C31H33NO2S. The summed E-state index contributed by atoms with van der Waals surface area (Å²) in [6, 6.07) is 22.4. The second-order valence-electron chi connectivity index (χ2n) is 9.90. The molecule has 0 amide bonds. The number of rotatable bonds is 7. The van der Waals surface area contributed by atoms with Gasteiger partial charge in [-0.15, -0.1) is 11.3 Å². The van der Waals surface area contributed by atoms with Crippen molar-refractivity contribution in [3.63, 3.8) is 0 Å². The van der Waals surface area contributed by atoms with Crippen LogP contribution in [0, 0.1) is 19.8 Å². The Morgan fingerprint density at radius 2 is 1.63 bits per heavy atom. The van der Waals surface area contributed by atoms with Crippen molar-refractivity contribution in [3.05, 3.63) is 89.0 Å². The number of thiophene rings is 1. The first-order valence-electron chi connectivity index (χ1n) is 12.6. The Morgan fingerprint density at radius 3 is 2.34 bits per heavy atom. The molecule has 2 heterocycles. The molecule has 0 atom stereocenters. The maximum Gasteiger partial charge on any atom is 0.195 e. The third kappa shape index (κ3) is 5.34. The SMILES string of the molecule is Cc1ccc(-c2sc3cc(C)ccc3c2C(=O)c2ccc(OCCN3CCC(C)CC3)cc2)cc1. The van der Waals surface area contributed by atoms with E-state index in [1.165, 1.54) is 24.0 Å². The number of carbonyl (C=O) groups excluding carboxylic acids is 1. The number of aryl methyl sites for hydroxylation is 2. The van der Waals surface area contributed by atoms with E-state index in [0.717, 1.165) is 57.4 Å². The van der Waals surface area contributed by atoms with E-state index in [1.807, 2.05) is 24.3 Å². The quantitative estimate of drug-likeness (QED) is 0.255. The number of benzene rings is 3. The fourth-order valence-corrected chi connectivity index (χ4v) is 6.07. The predicted molar refractivity (Wildman–Crippen MR) is 147 cm³/mol. The molecule has 4 heteroatoms. The highest BCUT2D eigenvalue weighted by Crippen LogP contribution is 2.40. The molecule has 5 rings (SSSR count). The fourth-order valence-electron chi connectivity index (χ4n) is 4.76. The van der Waals surface area contributed by atoms with E-state index in [-0.39, 0.29) is 5.78 Å². The third-order valence-corrected chi connectivity index (χ3v) is 8.26. The number of hydrogen-bond acceptors (Lipinski definition) is 4. The van der Waals surface area contributed by atoms with E-state index in [2.05, 4.69) is 68.1 Å². The van der Waals surface area contributed by atoms with Gasteiger partial charge in [-0.1, -0.05) is 48.9 Å². The molecule has 3 nitrogen and oxygen atoms in total. The van der Waals surface area contributed by atoms with Crippen LogP contribution in [0.1, 0.15) is 46.8 Å². The van der Waals surface area contributed by atoms with Gasteiger partial charge < -0.3 is 4.74 Å². The standard InChI is InChI=1S/C31H33NO2S/c1-21-4-7-25(8-5-21)31-29(27-13-6-23(3)20-28(27)35-31)30(33)24-9-11-26(12-10-24)34-19-18-32-16-14-22(2)15-17-32/h4-13,20,22H,14-19H2,1-3H3. The van der Waals surface area contributed by atoms with E-state index in [0.29, 0.717) is 12.2 Å². The van der Waals surface area contributed by atoms with Gasteiger partial charge in [0.2, 0.25) is 0 Å². The first kappa shape index (κ1) is 23.8. The van der Waals surface area contributed by atoms with Gasteiger partial charge in [-0.2, -0.15) is 0 Å². The van der Waals surface area contributed by atoms with E-state index in [1.54, 1.807) is 11.3 Å². The fraction of sp³-hybridized carbons (Fsp3) is 0.323. The maximum absolute atomic E-state index is 13.8. The van der Waals surface area contributed by atoms with E-state index in [9.17, 15) is 4.79 Å². The van der Waals surface area contributed by atoms with Crippen LogP contribution >= 0.6 is 11.3 Å². The lowest BCUT2D eigenvalue weighted by molar-refractivity contribution is 0.104. The van der Waals surface area contributed by atoms with Gasteiger partial charge in [0.15, 0.2) is 5.78 Å². The first-order valence-corrected chi connectivity index (χ1v) is 13.4. The molecule has 1 saturated heterocycles. The Morgan fingerprint density at radius 1 is 0.943 bits per heavy atom. The topological polar surface area (TPSA) is 29.5 Å². The second-order valence-corrected chi connectivity index (χ2v) is 11.0. The smallest absolute Gasteiger partial charge is 0.195 e. The van der Waals surface area contributed by atoms with Gasteiger partial charge in [0.25, 0.3) is 0 Å². The summed E-state index contributed by atoms with van der Waals surface area (Å²) < 4.78 is 7.15. The van der Waals surface area contributed by atoms with Crippen LogP contribution in [-0.4, -0.2) is 36.9 Å². The molecule has 1 aliphatic rings. The van der Waals surface area contributed by atoms with Gasteiger partial charge in [0, 0.05) is 32.6 Å². The highest BCUT2D eigenvalue weighted by atomic mass is 32.1. The van der Waals surface area contributed by atoms with Gasteiger partial charge in [-0.25, -0.2) is 0 Å². The molecule has 0 unspecified atom stereocenters. The zero-order chi connectivity index (χ0) is 24.4. The molecule has 35 heavy (non-hydrogen) atoms. The van der Waals surface area contributed by atoms with Gasteiger partial charge >= 0.3 is 0 Å².